The van der Waals surface area contributed by atoms with Crippen molar-refractivity contribution in [2.75, 3.05) is 12.3 Å². The number of nitrogen functional groups attached to an aromatic ring is 1. The molecule has 0 saturated carbocycles. The number of hydrogen-bond acceptors (Lipinski definition) is 6. The van der Waals surface area contributed by atoms with Crippen LogP contribution < -0.4 is 5.73 Å². The van der Waals surface area contributed by atoms with E-state index in [-0.39, 0.29) is 6.61 Å². The molecule has 0 bridgehead atoms. The van der Waals surface area contributed by atoms with Crippen LogP contribution in [0.2, 0.25) is 0 Å². The van der Waals surface area contributed by atoms with Gasteiger partial charge in [-0.2, -0.15) is 0 Å². The highest BCUT2D eigenvalue weighted by atomic mass is 31.2. The van der Waals surface area contributed by atoms with Crippen LogP contribution in [0.3, 0.4) is 0 Å². The molecule has 102 valence electrons. The predicted molar refractivity (Wildman–Crippen MR) is 63.1 cm³/mol. The van der Waals surface area contributed by atoms with Crippen LogP contribution in [-0.2, 0) is 4.57 Å². The monoisotopic (exact) mass is 279 g/mol. The number of aliphatic hydroxyl groups excluding tert-OH is 1. The number of nitrogens with zero attached hydrogens (tertiary/aromatic N) is 3. The molecule has 0 spiro atoms. The van der Waals surface area contributed by atoms with Crippen LogP contribution in [0, 0.1) is 0 Å². The summed E-state index contributed by atoms with van der Waals surface area (Å²) >= 11 is 0. The number of aliphatic hydroxyl groups is 1. The van der Waals surface area contributed by atoms with Gasteiger partial charge in [0.05, 0.1) is 6.33 Å². The van der Waals surface area contributed by atoms with Crippen molar-refractivity contribution in [3.63, 3.8) is 0 Å². The Morgan fingerprint density at radius 2 is 1.83 bits per heavy atom. The summed E-state index contributed by atoms with van der Waals surface area (Å²) in [5.41, 5.74) is 6.78. The third-order valence-corrected chi connectivity index (χ3v) is 1.25. The quantitative estimate of drug-likeness (QED) is 0.330. The van der Waals surface area contributed by atoms with Gasteiger partial charge < -0.3 is 30.5 Å². The lowest BCUT2D eigenvalue weighted by atomic mass is 10.5. The van der Waals surface area contributed by atoms with Gasteiger partial charge in [0.2, 0.25) is 0 Å². The Morgan fingerprint density at radius 3 is 2.28 bits per heavy atom. The zero-order chi connectivity index (χ0) is 14.2. The van der Waals surface area contributed by atoms with Gasteiger partial charge in [-0.15, -0.1) is 0 Å². The molecular weight excluding hydrogens is 265 g/mol. The highest BCUT2D eigenvalue weighted by molar-refractivity contribution is 7.45. The lowest BCUT2D eigenvalue weighted by molar-refractivity contribution is 0.275. The van der Waals surface area contributed by atoms with Gasteiger partial charge in [-0.3, -0.25) is 0 Å². The van der Waals surface area contributed by atoms with Crippen LogP contribution in [0.4, 0.5) is 5.82 Å². The summed E-state index contributed by atoms with van der Waals surface area (Å²) in [6.07, 6.45) is 2.92. The lowest BCUT2D eigenvalue weighted by Crippen LogP contribution is -1.91. The van der Waals surface area contributed by atoms with Crippen LogP contribution in [0.1, 0.15) is 6.92 Å². The molecule has 2 rings (SSSR count). The van der Waals surface area contributed by atoms with Crippen LogP contribution in [0.5, 0.6) is 0 Å². The topological polar surface area (TPSA) is 178 Å². The zero-order valence-corrected chi connectivity index (χ0v) is 10.3. The Bertz CT molecular complexity index is 503. The number of aromatic amines is 1. The van der Waals surface area contributed by atoms with E-state index in [9.17, 15) is 0 Å². The van der Waals surface area contributed by atoms with Crippen LogP contribution in [0.25, 0.3) is 11.2 Å². The average molecular weight is 279 g/mol. The molecule has 0 aliphatic heterocycles. The fourth-order valence-electron chi connectivity index (χ4n) is 0.784. The number of nitrogens with two attached hydrogens (primary N) is 1. The highest BCUT2D eigenvalue weighted by Crippen LogP contribution is 2.25. The summed E-state index contributed by atoms with van der Waals surface area (Å²) in [6.45, 7) is 1.93. The molecule has 0 amide bonds. The standard InChI is InChI=1S/C5H5N5.C2H6O.H3O4P/c6-4-3-5(9-1-7-3)10-2-8-4;1-2-3;1-5(2,3)4/h1-2H,(H3,6,7,8,9,10);3H,2H2,1H3;(H3,1,2,3,4). The van der Waals surface area contributed by atoms with Crippen molar-refractivity contribution in [2.45, 2.75) is 6.92 Å². The number of anilines is 1. The molecule has 0 aliphatic carbocycles. The predicted octanol–water partition coefficient (Wildman–Crippen LogP) is -0.995. The van der Waals surface area contributed by atoms with Gasteiger partial charge in [-0.25, -0.2) is 19.5 Å². The minimum atomic E-state index is -4.64. The summed E-state index contributed by atoms with van der Waals surface area (Å²) in [5, 5.41) is 7.57. The number of aromatic nitrogens is 4. The van der Waals surface area contributed by atoms with E-state index in [1.807, 2.05) is 0 Å². The second-order valence-electron chi connectivity index (χ2n) is 2.69. The Morgan fingerprint density at radius 1 is 1.33 bits per heavy atom. The summed E-state index contributed by atoms with van der Waals surface area (Å²) in [5.74, 6) is 0.433. The SMILES string of the molecule is CCO.Nc1ncnc2nc[nH]c12.O=P(O)(O)O. The maximum Gasteiger partial charge on any atom is 0.466 e. The van der Waals surface area contributed by atoms with E-state index < -0.39 is 7.82 Å². The lowest BCUT2D eigenvalue weighted by Gasteiger charge is -1.89. The van der Waals surface area contributed by atoms with Gasteiger partial charge in [0.15, 0.2) is 11.5 Å². The smallest absolute Gasteiger partial charge is 0.397 e. The fourth-order valence-corrected chi connectivity index (χ4v) is 0.784. The minimum Gasteiger partial charge on any atom is -0.397 e. The van der Waals surface area contributed by atoms with Crippen molar-refractivity contribution in [2.24, 2.45) is 0 Å². The van der Waals surface area contributed by atoms with Crippen molar-refractivity contribution >= 4 is 24.8 Å². The third kappa shape index (κ3) is 7.65. The molecule has 18 heavy (non-hydrogen) atoms. The molecule has 0 atom stereocenters. The normalized spacial score (nSPS) is 10.1. The molecule has 0 fully saturated rings. The van der Waals surface area contributed by atoms with Crippen molar-refractivity contribution < 1.29 is 24.4 Å². The first-order chi connectivity index (χ1) is 8.29. The number of phosphoric acid groups is 1. The molecule has 11 heteroatoms. The van der Waals surface area contributed by atoms with E-state index in [0.717, 1.165) is 0 Å². The molecule has 0 saturated heterocycles. The molecule has 2 aromatic heterocycles. The highest BCUT2D eigenvalue weighted by Gasteiger charge is 2.00. The van der Waals surface area contributed by atoms with E-state index in [1.165, 1.54) is 12.7 Å². The molecule has 0 unspecified atom stereocenters. The van der Waals surface area contributed by atoms with Gasteiger partial charge in [-0.1, -0.05) is 0 Å². The van der Waals surface area contributed by atoms with Gasteiger partial charge in [0, 0.05) is 6.61 Å². The maximum absolute atomic E-state index is 8.88. The van der Waals surface area contributed by atoms with Gasteiger partial charge in [0.1, 0.15) is 11.8 Å². The van der Waals surface area contributed by atoms with Gasteiger partial charge >= 0.3 is 7.82 Å². The van der Waals surface area contributed by atoms with E-state index >= 15 is 0 Å². The van der Waals surface area contributed by atoms with Crippen LogP contribution in [0.15, 0.2) is 12.7 Å². The van der Waals surface area contributed by atoms with Crippen molar-refractivity contribution in [3.8, 4) is 0 Å². The molecule has 2 aromatic rings. The maximum atomic E-state index is 8.88. The zero-order valence-electron chi connectivity index (χ0n) is 9.43. The second kappa shape index (κ2) is 7.69. The number of H-pyrrole nitrogens is 1. The van der Waals surface area contributed by atoms with E-state index in [0.29, 0.717) is 17.0 Å². The summed E-state index contributed by atoms with van der Waals surface area (Å²) < 4.78 is 8.88. The van der Waals surface area contributed by atoms with Gasteiger partial charge in [0.25, 0.3) is 0 Å². The Balaban J connectivity index is 0.000000309. The number of nitrogens with one attached hydrogen (secondary N) is 1. The van der Waals surface area contributed by atoms with Gasteiger partial charge in [-0.05, 0) is 6.92 Å². The molecule has 10 nitrogen and oxygen atoms in total. The van der Waals surface area contributed by atoms with E-state index in [4.69, 9.17) is 30.1 Å². The Hall–Kier alpha value is -1.58. The number of hydrogen-bond donors (Lipinski definition) is 6. The fraction of sp³-hybridized carbons (Fsp3) is 0.286. The molecular formula is C7H14N5O5P. The first kappa shape index (κ1) is 16.4. The summed E-state index contributed by atoms with van der Waals surface area (Å²) in [7, 11) is -4.64. The Labute approximate surface area is 102 Å². The Kier molecular flexibility index (Phi) is 7.01. The number of fused-ring (bicyclic) bond motifs is 1. The molecule has 2 heterocycles. The van der Waals surface area contributed by atoms with Crippen LogP contribution >= 0.6 is 7.82 Å². The van der Waals surface area contributed by atoms with Crippen molar-refractivity contribution in [1.29, 1.82) is 0 Å². The minimum absolute atomic E-state index is 0.250. The van der Waals surface area contributed by atoms with Crippen molar-refractivity contribution in [1.82, 2.24) is 19.9 Å². The number of imidazole rings is 1. The summed E-state index contributed by atoms with van der Waals surface area (Å²) in [6, 6.07) is 0. The summed E-state index contributed by atoms with van der Waals surface area (Å²) in [4.78, 5) is 35.9. The van der Waals surface area contributed by atoms with Crippen molar-refractivity contribution in [3.05, 3.63) is 12.7 Å². The van der Waals surface area contributed by atoms with E-state index in [2.05, 4.69) is 19.9 Å². The first-order valence-electron chi connectivity index (χ1n) is 4.58. The first-order valence-corrected chi connectivity index (χ1v) is 6.14. The molecule has 7 N–H and O–H groups in total. The number of rotatable bonds is 0. The third-order valence-electron chi connectivity index (χ3n) is 1.25. The largest absolute Gasteiger partial charge is 0.466 e. The molecule has 0 aliphatic rings. The van der Waals surface area contributed by atoms with E-state index in [1.54, 1.807) is 6.92 Å². The molecule has 0 aromatic carbocycles. The average Bonchev–Trinajstić information content (AvgIpc) is 2.65. The molecule has 0 radical (unpaired) electrons. The second-order valence-corrected chi connectivity index (χ2v) is 3.72. The van der Waals surface area contributed by atoms with Crippen LogP contribution in [-0.4, -0.2) is 46.3 Å².